The lowest BCUT2D eigenvalue weighted by molar-refractivity contribution is -0.175. The van der Waals surface area contributed by atoms with Crippen molar-refractivity contribution in [1.82, 2.24) is 15.3 Å². The average molecular weight is 467 g/mol. The van der Waals surface area contributed by atoms with E-state index in [1.807, 2.05) is 13.8 Å². The summed E-state index contributed by atoms with van der Waals surface area (Å²) < 4.78 is 45.8. The van der Waals surface area contributed by atoms with E-state index in [0.717, 1.165) is 0 Å². The van der Waals surface area contributed by atoms with Crippen LogP contribution in [0.15, 0.2) is 30.5 Å². The van der Waals surface area contributed by atoms with Gasteiger partial charge in [-0.25, -0.2) is 4.98 Å². The van der Waals surface area contributed by atoms with Gasteiger partial charge in [0, 0.05) is 41.6 Å². The molecule has 0 spiro atoms. The van der Waals surface area contributed by atoms with E-state index in [9.17, 15) is 22.8 Å². The Labute approximate surface area is 190 Å². The van der Waals surface area contributed by atoms with Crippen molar-refractivity contribution in [3.05, 3.63) is 53.0 Å². The third kappa shape index (κ3) is 9.17. The highest BCUT2D eigenvalue weighted by Crippen LogP contribution is 2.17. The molecule has 2 heterocycles. The maximum Gasteiger partial charge on any atom is 0.411 e. The number of pyridine rings is 2. The number of amides is 1. The average Bonchev–Trinajstić information content (AvgIpc) is 2.72. The van der Waals surface area contributed by atoms with Crippen LogP contribution in [0.25, 0.3) is 0 Å². The van der Waals surface area contributed by atoms with E-state index in [1.165, 1.54) is 6.20 Å². The van der Waals surface area contributed by atoms with Crippen molar-refractivity contribution in [3.8, 4) is 5.88 Å². The molecular formula is C23H28F3N3O4. The molecule has 0 fully saturated rings. The molecule has 0 aromatic carbocycles. The monoisotopic (exact) mass is 467 g/mol. The molecule has 0 saturated carbocycles. The maximum absolute atomic E-state index is 12.7. The van der Waals surface area contributed by atoms with Crippen molar-refractivity contribution >= 4 is 11.7 Å². The lowest BCUT2D eigenvalue weighted by Gasteiger charge is -2.15. The van der Waals surface area contributed by atoms with E-state index >= 15 is 0 Å². The first-order valence-electron chi connectivity index (χ1n) is 10.5. The summed E-state index contributed by atoms with van der Waals surface area (Å²) >= 11 is 0. The number of ether oxygens (including phenoxy) is 2. The van der Waals surface area contributed by atoms with Gasteiger partial charge in [-0.15, -0.1) is 0 Å². The van der Waals surface area contributed by atoms with Crippen LogP contribution in [0.2, 0.25) is 0 Å². The summed E-state index contributed by atoms with van der Waals surface area (Å²) in [5, 5.41) is 2.88. The minimum absolute atomic E-state index is 0.0492. The van der Waals surface area contributed by atoms with Gasteiger partial charge in [0.05, 0.1) is 12.6 Å². The molecule has 1 unspecified atom stereocenters. The van der Waals surface area contributed by atoms with E-state index in [0.29, 0.717) is 22.5 Å². The molecule has 2 aromatic rings. The molecule has 1 atom stereocenters. The van der Waals surface area contributed by atoms with Crippen LogP contribution in [-0.4, -0.2) is 47.7 Å². The summed E-state index contributed by atoms with van der Waals surface area (Å²) in [6.07, 6.45) is -2.69. The normalized spacial score (nSPS) is 12.5. The summed E-state index contributed by atoms with van der Waals surface area (Å²) in [5.41, 5.74) is 2.32. The molecule has 1 amide bonds. The zero-order chi connectivity index (χ0) is 24.6. The Kier molecular flexibility index (Phi) is 9.33. The summed E-state index contributed by atoms with van der Waals surface area (Å²) in [5.74, 6) is -0.143. The standard InChI is InChI=1S/C23H28F3N3O4/c1-14(2)20(30)11-19-10-18(9-15(3)28-19)22(31)29-16(4)17-5-6-21(27-12-17)33-8-7-32-13-23(24,25)26/h5-6,9-10,12,14,16H,7-8,11,13H2,1-4H3,(H,29,31). The molecule has 180 valence electrons. The molecular weight excluding hydrogens is 439 g/mol. The number of nitrogens with one attached hydrogen (secondary N) is 1. The summed E-state index contributed by atoms with van der Waals surface area (Å²) in [6, 6.07) is 6.17. The van der Waals surface area contributed by atoms with Gasteiger partial charge in [0.15, 0.2) is 0 Å². The van der Waals surface area contributed by atoms with Crippen LogP contribution >= 0.6 is 0 Å². The highest BCUT2D eigenvalue weighted by Gasteiger charge is 2.27. The number of hydrogen-bond donors (Lipinski definition) is 1. The van der Waals surface area contributed by atoms with Crippen LogP contribution in [0.3, 0.4) is 0 Å². The van der Waals surface area contributed by atoms with Gasteiger partial charge in [-0.1, -0.05) is 19.9 Å². The van der Waals surface area contributed by atoms with Gasteiger partial charge in [-0.2, -0.15) is 13.2 Å². The number of aryl methyl sites for hydroxylation is 1. The Balaban J connectivity index is 1.91. The molecule has 0 radical (unpaired) electrons. The molecule has 1 N–H and O–H groups in total. The molecule has 0 aliphatic carbocycles. The maximum atomic E-state index is 12.7. The number of carbonyl (C=O) groups excluding carboxylic acids is 2. The number of alkyl halides is 3. The van der Waals surface area contributed by atoms with Gasteiger partial charge in [0.25, 0.3) is 5.91 Å². The van der Waals surface area contributed by atoms with E-state index in [2.05, 4.69) is 20.0 Å². The highest BCUT2D eigenvalue weighted by atomic mass is 19.4. The van der Waals surface area contributed by atoms with Crippen LogP contribution in [0.4, 0.5) is 13.2 Å². The number of carbonyl (C=O) groups is 2. The Morgan fingerprint density at radius 1 is 1.12 bits per heavy atom. The van der Waals surface area contributed by atoms with E-state index in [-0.39, 0.29) is 49.2 Å². The number of nitrogens with zero attached hydrogens (tertiary/aromatic N) is 2. The third-order valence-corrected chi connectivity index (χ3v) is 4.62. The summed E-state index contributed by atoms with van der Waals surface area (Å²) in [7, 11) is 0. The van der Waals surface area contributed by atoms with Gasteiger partial charge in [0.1, 0.15) is 19.0 Å². The zero-order valence-corrected chi connectivity index (χ0v) is 19.0. The predicted octanol–water partition coefficient (Wildman–Crippen LogP) is 4.00. The number of aromatic nitrogens is 2. The minimum Gasteiger partial charge on any atom is -0.475 e. The van der Waals surface area contributed by atoms with Crippen molar-refractivity contribution < 1.29 is 32.2 Å². The quantitative estimate of drug-likeness (QED) is 0.503. The topological polar surface area (TPSA) is 90.4 Å². The van der Waals surface area contributed by atoms with Crippen LogP contribution in [0.1, 0.15) is 54.1 Å². The molecule has 0 bridgehead atoms. The molecule has 33 heavy (non-hydrogen) atoms. The first kappa shape index (κ1) is 26.2. The number of halogens is 3. The second kappa shape index (κ2) is 11.7. The lowest BCUT2D eigenvalue weighted by atomic mass is 10.0. The smallest absolute Gasteiger partial charge is 0.411 e. The fraction of sp³-hybridized carbons (Fsp3) is 0.478. The van der Waals surface area contributed by atoms with Crippen molar-refractivity contribution in [2.45, 2.75) is 46.3 Å². The minimum atomic E-state index is -4.37. The zero-order valence-electron chi connectivity index (χ0n) is 19.0. The Hall–Kier alpha value is -3.01. The fourth-order valence-corrected chi connectivity index (χ4v) is 2.83. The van der Waals surface area contributed by atoms with Gasteiger partial charge >= 0.3 is 6.18 Å². The Morgan fingerprint density at radius 3 is 2.45 bits per heavy atom. The SMILES string of the molecule is Cc1cc(C(=O)NC(C)c2ccc(OCCOCC(F)(F)F)nc2)cc(CC(=O)C(C)C)n1. The van der Waals surface area contributed by atoms with Crippen molar-refractivity contribution in [3.63, 3.8) is 0 Å². The molecule has 0 aliphatic rings. The van der Waals surface area contributed by atoms with Crippen LogP contribution in [0, 0.1) is 12.8 Å². The van der Waals surface area contributed by atoms with Crippen molar-refractivity contribution in [1.29, 1.82) is 0 Å². The van der Waals surface area contributed by atoms with E-state index in [1.54, 1.807) is 38.1 Å². The van der Waals surface area contributed by atoms with E-state index in [4.69, 9.17) is 4.74 Å². The molecule has 2 rings (SSSR count). The predicted molar refractivity (Wildman–Crippen MR) is 115 cm³/mol. The van der Waals surface area contributed by atoms with Gasteiger partial charge in [-0.3, -0.25) is 14.6 Å². The van der Waals surface area contributed by atoms with E-state index < -0.39 is 12.8 Å². The van der Waals surface area contributed by atoms with Crippen molar-refractivity contribution in [2.24, 2.45) is 5.92 Å². The fourth-order valence-electron chi connectivity index (χ4n) is 2.83. The second-order valence-electron chi connectivity index (χ2n) is 7.93. The lowest BCUT2D eigenvalue weighted by Crippen LogP contribution is -2.27. The van der Waals surface area contributed by atoms with Crippen molar-refractivity contribution in [2.75, 3.05) is 19.8 Å². The molecule has 10 heteroatoms. The summed E-state index contributed by atoms with van der Waals surface area (Å²) in [4.78, 5) is 33.2. The van der Waals surface area contributed by atoms with Crippen LogP contribution in [0.5, 0.6) is 5.88 Å². The number of rotatable bonds is 11. The molecule has 0 saturated heterocycles. The Morgan fingerprint density at radius 2 is 1.85 bits per heavy atom. The summed E-state index contributed by atoms with van der Waals surface area (Å²) in [6.45, 7) is 5.58. The van der Waals surface area contributed by atoms with Crippen LogP contribution in [-0.2, 0) is 16.0 Å². The molecule has 2 aromatic heterocycles. The van der Waals surface area contributed by atoms with Gasteiger partial charge in [0.2, 0.25) is 5.88 Å². The number of Topliss-reactive ketones (excluding diaryl/α,β-unsaturated/α-hetero) is 1. The number of ketones is 1. The van der Waals surface area contributed by atoms with Gasteiger partial charge < -0.3 is 14.8 Å². The highest BCUT2D eigenvalue weighted by molar-refractivity contribution is 5.95. The first-order chi connectivity index (χ1) is 15.4. The van der Waals surface area contributed by atoms with Crippen LogP contribution < -0.4 is 10.1 Å². The second-order valence-corrected chi connectivity index (χ2v) is 7.93. The number of hydrogen-bond acceptors (Lipinski definition) is 6. The first-order valence-corrected chi connectivity index (χ1v) is 10.5. The van der Waals surface area contributed by atoms with Gasteiger partial charge in [-0.05, 0) is 31.5 Å². The molecule has 0 aliphatic heterocycles. The molecule has 7 nitrogen and oxygen atoms in total. The Bertz CT molecular complexity index is 947. The largest absolute Gasteiger partial charge is 0.475 e. The third-order valence-electron chi connectivity index (χ3n) is 4.62.